The minimum absolute atomic E-state index is 0.00567. The number of hydrogen-bond acceptors (Lipinski definition) is 2. The van der Waals surface area contributed by atoms with Gasteiger partial charge in [0, 0.05) is 17.6 Å². The van der Waals surface area contributed by atoms with E-state index in [0.717, 1.165) is 12.2 Å². The zero-order valence-corrected chi connectivity index (χ0v) is 12.6. The van der Waals surface area contributed by atoms with Gasteiger partial charge in [-0.15, -0.1) is 0 Å². The zero-order valence-electron chi connectivity index (χ0n) is 12.6. The third-order valence-corrected chi connectivity index (χ3v) is 3.47. The number of amides is 1. The van der Waals surface area contributed by atoms with E-state index in [1.165, 1.54) is 5.56 Å². The van der Waals surface area contributed by atoms with E-state index in [0.29, 0.717) is 6.54 Å². The topological polar surface area (TPSA) is 41.1 Å². The van der Waals surface area contributed by atoms with Gasteiger partial charge in [-0.3, -0.25) is 4.79 Å². The summed E-state index contributed by atoms with van der Waals surface area (Å²) < 4.78 is 0. The molecule has 21 heavy (non-hydrogen) atoms. The van der Waals surface area contributed by atoms with Crippen molar-refractivity contribution in [2.75, 3.05) is 18.4 Å². The largest absolute Gasteiger partial charge is 0.325 e. The molecular formula is C18H22N2O. The highest BCUT2D eigenvalue weighted by Gasteiger charge is 2.19. The summed E-state index contributed by atoms with van der Waals surface area (Å²) in [5.74, 6) is -0.0231. The summed E-state index contributed by atoms with van der Waals surface area (Å²) in [5, 5.41) is 6.10. The van der Waals surface area contributed by atoms with Gasteiger partial charge in [0.05, 0.1) is 6.54 Å². The number of hydrogen-bond donors (Lipinski definition) is 2. The van der Waals surface area contributed by atoms with Crippen LogP contribution in [0.1, 0.15) is 19.4 Å². The molecule has 3 nitrogen and oxygen atoms in total. The first-order valence-electron chi connectivity index (χ1n) is 7.19. The lowest BCUT2D eigenvalue weighted by Gasteiger charge is -2.25. The van der Waals surface area contributed by atoms with Gasteiger partial charge >= 0.3 is 0 Å². The van der Waals surface area contributed by atoms with Crippen LogP contribution in [-0.4, -0.2) is 19.0 Å². The molecule has 0 unspecified atom stereocenters. The van der Waals surface area contributed by atoms with Crippen LogP contribution in [0.3, 0.4) is 0 Å². The molecule has 0 aliphatic heterocycles. The molecule has 2 N–H and O–H groups in total. The average molecular weight is 282 g/mol. The Morgan fingerprint density at radius 3 is 2.14 bits per heavy atom. The van der Waals surface area contributed by atoms with Crippen LogP contribution < -0.4 is 10.6 Å². The fourth-order valence-corrected chi connectivity index (χ4v) is 2.21. The Morgan fingerprint density at radius 2 is 1.52 bits per heavy atom. The molecule has 110 valence electrons. The van der Waals surface area contributed by atoms with E-state index in [4.69, 9.17) is 0 Å². The summed E-state index contributed by atoms with van der Waals surface area (Å²) >= 11 is 0. The standard InChI is InChI=1S/C18H22N2O/c1-18(2,15-9-5-3-6-10-15)14-19-13-17(21)20-16-11-7-4-8-12-16/h3-12,19H,13-14H2,1-2H3,(H,20,21). The lowest BCUT2D eigenvalue weighted by molar-refractivity contribution is -0.115. The van der Waals surface area contributed by atoms with Crippen LogP contribution in [-0.2, 0) is 10.2 Å². The zero-order chi connectivity index (χ0) is 15.1. The van der Waals surface area contributed by atoms with Crippen molar-refractivity contribution in [2.24, 2.45) is 0 Å². The molecule has 3 heteroatoms. The first-order chi connectivity index (χ1) is 10.1. The van der Waals surface area contributed by atoms with Crippen molar-refractivity contribution >= 4 is 11.6 Å². The van der Waals surface area contributed by atoms with Gasteiger partial charge in [0.1, 0.15) is 0 Å². The van der Waals surface area contributed by atoms with E-state index < -0.39 is 0 Å². The predicted molar refractivity (Wildman–Crippen MR) is 87.4 cm³/mol. The maximum atomic E-state index is 11.9. The summed E-state index contributed by atoms with van der Waals surface area (Å²) in [6, 6.07) is 19.8. The number of carbonyl (C=O) groups is 1. The number of rotatable bonds is 6. The Balaban J connectivity index is 1.80. The third-order valence-electron chi connectivity index (χ3n) is 3.47. The molecule has 1 amide bonds. The van der Waals surface area contributed by atoms with Crippen molar-refractivity contribution < 1.29 is 4.79 Å². The van der Waals surface area contributed by atoms with Crippen LogP contribution >= 0.6 is 0 Å². The van der Waals surface area contributed by atoms with Crippen molar-refractivity contribution in [1.29, 1.82) is 0 Å². The van der Waals surface area contributed by atoms with Gasteiger partial charge in [-0.1, -0.05) is 62.4 Å². The van der Waals surface area contributed by atoms with E-state index in [1.807, 2.05) is 48.5 Å². The highest BCUT2D eigenvalue weighted by molar-refractivity contribution is 5.92. The Morgan fingerprint density at radius 1 is 0.952 bits per heavy atom. The van der Waals surface area contributed by atoms with Gasteiger partial charge in [0.15, 0.2) is 0 Å². The molecule has 0 atom stereocenters. The highest BCUT2D eigenvalue weighted by Crippen LogP contribution is 2.21. The van der Waals surface area contributed by atoms with Crippen LogP contribution in [0, 0.1) is 0 Å². The molecule has 0 saturated carbocycles. The van der Waals surface area contributed by atoms with Crippen LogP contribution in [0.25, 0.3) is 0 Å². The number of para-hydroxylation sites is 1. The molecule has 0 bridgehead atoms. The van der Waals surface area contributed by atoms with Gasteiger partial charge in [0.2, 0.25) is 5.91 Å². The smallest absolute Gasteiger partial charge is 0.238 e. The van der Waals surface area contributed by atoms with Crippen molar-refractivity contribution in [3.63, 3.8) is 0 Å². The fourth-order valence-electron chi connectivity index (χ4n) is 2.21. The summed E-state index contributed by atoms with van der Waals surface area (Å²) in [5.41, 5.74) is 2.08. The van der Waals surface area contributed by atoms with E-state index in [1.54, 1.807) is 0 Å². The number of anilines is 1. The number of benzene rings is 2. The maximum absolute atomic E-state index is 11.9. The molecule has 0 fully saturated rings. The summed E-state index contributed by atoms with van der Waals surface area (Å²) in [7, 11) is 0. The molecule has 0 heterocycles. The van der Waals surface area contributed by atoms with Crippen LogP contribution in [0.2, 0.25) is 0 Å². The molecule has 0 aromatic heterocycles. The highest BCUT2D eigenvalue weighted by atomic mass is 16.1. The molecule has 0 saturated heterocycles. The molecule has 2 aromatic carbocycles. The molecular weight excluding hydrogens is 260 g/mol. The Hall–Kier alpha value is -2.13. The van der Waals surface area contributed by atoms with Crippen LogP contribution in [0.4, 0.5) is 5.69 Å². The van der Waals surface area contributed by atoms with Crippen molar-refractivity contribution in [2.45, 2.75) is 19.3 Å². The van der Waals surface area contributed by atoms with E-state index >= 15 is 0 Å². The van der Waals surface area contributed by atoms with Gasteiger partial charge in [-0.25, -0.2) is 0 Å². The molecule has 0 radical (unpaired) electrons. The minimum Gasteiger partial charge on any atom is -0.325 e. The van der Waals surface area contributed by atoms with Crippen molar-refractivity contribution in [3.8, 4) is 0 Å². The van der Waals surface area contributed by atoms with Gasteiger partial charge < -0.3 is 10.6 Å². The monoisotopic (exact) mass is 282 g/mol. The Kier molecular flexibility index (Phi) is 5.12. The second kappa shape index (κ2) is 7.04. The minimum atomic E-state index is -0.0231. The Labute approximate surface area is 126 Å². The first kappa shape index (κ1) is 15.3. The first-order valence-corrected chi connectivity index (χ1v) is 7.19. The number of carbonyl (C=O) groups excluding carboxylic acids is 1. The number of nitrogens with one attached hydrogen (secondary N) is 2. The average Bonchev–Trinajstić information content (AvgIpc) is 2.49. The second-order valence-electron chi connectivity index (χ2n) is 5.77. The normalized spacial score (nSPS) is 11.1. The predicted octanol–water partition coefficient (Wildman–Crippen LogP) is 3.19. The van der Waals surface area contributed by atoms with Gasteiger partial charge in [-0.05, 0) is 17.7 Å². The van der Waals surface area contributed by atoms with E-state index in [2.05, 4.69) is 36.6 Å². The SMILES string of the molecule is CC(C)(CNCC(=O)Nc1ccccc1)c1ccccc1. The van der Waals surface area contributed by atoms with E-state index in [9.17, 15) is 4.79 Å². The van der Waals surface area contributed by atoms with Crippen molar-refractivity contribution in [1.82, 2.24) is 5.32 Å². The summed E-state index contributed by atoms with van der Waals surface area (Å²) in [4.78, 5) is 11.9. The fraction of sp³-hybridized carbons (Fsp3) is 0.278. The third kappa shape index (κ3) is 4.72. The Bertz CT molecular complexity index is 564. The summed E-state index contributed by atoms with van der Waals surface area (Å²) in [6.07, 6.45) is 0. The van der Waals surface area contributed by atoms with Gasteiger partial charge in [0.25, 0.3) is 0 Å². The molecule has 0 aliphatic carbocycles. The molecule has 0 spiro atoms. The molecule has 2 rings (SSSR count). The van der Waals surface area contributed by atoms with Gasteiger partial charge in [-0.2, -0.15) is 0 Å². The summed E-state index contributed by atoms with van der Waals surface area (Å²) in [6.45, 7) is 5.40. The maximum Gasteiger partial charge on any atom is 0.238 e. The lowest BCUT2D eigenvalue weighted by Crippen LogP contribution is -2.37. The second-order valence-corrected chi connectivity index (χ2v) is 5.77. The van der Waals surface area contributed by atoms with Crippen LogP contribution in [0.15, 0.2) is 60.7 Å². The van der Waals surface area contributed by atoms with Crippen molar-refractivity contribution in [3.05, 3.63) is 66.2 Å². The lowest BCUT2D eigenvalue weighted by atomic mass is 9.85. The van der Waals surface area contributed by atoms with Crippen LogP contribution in [0.5, 0.6) is 0 Å². The van der Waals surface area contributed by atoms with E-state index in [-0.39, 0.29) is 11.3 Å². The molecule has 2 aromatic rings. The quantitative estimate of drug-likeness (QED) is 0.854. The molecule has 0 aliphatic rings.